The summed E-state index contributed by atoms with van der Waals surface area (Å²) in [5.74, 6) is -0.580. The number of nitrogens with zero attached hydrogens (tertiary/aromatic N) is 2. The number of carbonyl (C=O) groups is 1. The predicted octanol–water partition coefficient (Wildman–Crippen LogP) is 2.97. The first-order chi connectivity index (χ1) is 8.16. The fourth-order valence-electron chi connectivity index (χ4n) is 1.32. The van der Waals surface area contributed by atoms with Crippen molar-refractivity contribution in [3.63, 3.8) is 0 Å². The highest BCUT2D eigenvalue weighted by Crippen LogP contribution is 2.29. The standard InChI is InChI=1S/C12H9FN2OS/c1-8(16)10-6-9(13)2-3-11(10)17-12-4-5-14-7-15-12/h2-7H,1H3. The lowest BCUT2D eigenvalue weighted by Gasteiger charge is -2.05. The zero-order valence-electron chi connectivity index (χ0n) is 9.05. The average Bonchev–Trinajstić information content (AvgIpc) is 2.32. The Kier molecular flexibility index (Phi) is 3.49. The summed E-state index contributed by atoms with van der Waals surface area (Å²) in [4.78, 5) is 19.9. The first-order valence-electron chi connectivity index (χ1n) is 4.91. The second kappa shape index (κ2) is 5.05. The summed E-state index contributed by atoms with van der Waals surface area (Å²) in [6.07, 6.45) is 3.05. The van der Waals surface area contributed by atoms with E-state index in [0.29, 0.717) is 15.5 Å². The summed E-state index contributed by atoms with van der Waals surface area (Å²) in [7, 11) is 0. The number of carbonyl (C=O) groups excluding carboxylic acids is 1. The topological polar surface area (TPSA) is 42.9 Å². The van der Waals surface area contributed by atoms with Gasteiger partial charge in [-0.3, -0.25) is 4.79 Å². The number of hydrogen-bond acceptors (Lipinski definition) is 4. The molecule has 0 spiro atoms. The largest absolute Gasteiger partial charge is 0.294 e. The number of Topliss-reactive ketones (excluding diaryl/α,β-unsaturated/α-hetero) is 1. The summed E-state index contributed by atoms with van der Waals surface area (Å²) >= 11 is 1.31. The van der Waals surface area contributed by atoms with E-state index >= 15 is 0 Å². The lowest BCUT2D eigenvalue weighted by molar-refractivity contribution is 0.101. The first kappa shape index (κ1) is 11.7. The van der Waals surface area contributed by atoms with Crippen LogP contribution in [0.1, 0.15) is 17.3 Å². The molecule has 0 aliphatic rings. The van der Waals surface area contributed by atoms with E-state index in [1.54, 1.807) is 18.3 Å². The van der Waals surface area contributed by atoms with Gasteiger partial charge in [0.2, 0.25) is 0 Å². The van der Waals surface area contributed by atoms with Crippen LogP contribution in [0.3, 0.4) is 0 Å². The van der Waals surface area contributed by atoms with Crippen LogP contribution >= 0.6 is 11.8 Å². The van der Waals surface area contributed by atoms with Crippen LogP contribution in [0, 0.1) is 5.82 Å². The molecule has 0 amide bonds. The number of hydrogen-bond donors (Lipinski definition) is 0. The van der Waals surface area contributed by atoms with Crippen LogP contribution in [-0.4, -0.2) is 15.8 Å². The second-order valence-corrected chi connectivity index (χ2v) is 4.41. The highest BCUT2D eigenvalue weighted by molar-refractivity contribution is 7.99. The Morgan fingerprint density at radius 1 is 1.35 bits per heavy atom. The summed E-state index contributed by atoms with van der Waals surface area (Å²) in [6, 6.07) is 5.89. The number of aromatic nitrogens is 2. The van der Waals surface area contributed by atoms with Gasteiger partial charge in [0.25, 0.3) is 0 Å². The van der Waals surface area contributed by atoms with Gasteiger partial charge >= 0.3 is 0 Å². The Hall–Kier alpha value is -1.75. The lowest BCUT2D eigenvalue weighted by atomic mass is 10.1. The van der Waals surface area contributed by atoms with Crippen molar-refractivity contribution < 1.29 is 9.18 Å². The Morgan fingerprint density at radius 3 is 2.82 bits per heavy atom. The molecular formula is C12H9FN2OS. The molecule has 2 aromatic rings. The molecule has 0 fully saturated rings. The van der Waals surface area contributed by atoms with E-state index in [-0.39, 0.29) is 5.78 Å². The van der Waals surface area contributed by atoms with Crippen molar-refractivity contribution in [2.75, 3.05) is 0 Å². The van der Waals surface area contributed by atoms with Gasteiger partial charge in [0, 0.05) is 16.7 Å². The van der Waals surface area contributed by atoms with E-state index in [1.807, 2.05) is 0 Å². The minimum atomic E-state index is -0.415. The SMILES string of the molecule is CC(=O)c1cc(F)ccc1Sc1ccncn1. The first-order valence-corrected chi connectivity index (χ1v) is 5.73. The van der Waals surface area contributed by atoms with Crippen LogP contribution in [-0.2, 0) is 0 Å². The summed E-state index contributed by atoms with van der Waals surface area (Å²) in [5.41, 5.74) is 0.369. The number of rotatable bonds is 3. The third-order valence-corrected chi connectivity index (χ3v) is 3.12. The summed E-state index contributed by atoms with van der Waals surface area (Å²) in [6.45, 7) is 1.42. The van der Waals surface area contributed by atoms with Crippen LogP contribution in [0.5, 0.6) is 0 Å². The maximum Gasteiger partial charge on any atom is 0.161 e. The molecule has 1 heterocycles. The van der Waals surface area contributed by atoms with Crippen LogP contribution < -0.4 is 0 Å². The molecule has 0 saturated heterocycles. The van der Waals surface area contributed by atoms with Crippen LogP contribution in [0.2, 0.25) is 0 Å². The van der Waals surface area contributed by atoms with Crippen molar-refractivity contribution in [1.82, 2.24) is 9.97 Å². The fraction of sp³-hybridized carbons (Fsp3) is 0.0833. The minimum Gasteiger partial charge on any atom is -0.294 e. The van der Waals surface area contributed by atoms with Crippen molar-refractivity contribution in [2.45, 2.75) is 16.8 Å². The molecule has 0 bridgehead atoms. The molecule has 0 N–H and O–H groups in total. The van der Waals surface area contributed by atoms with Gasteiger partial charge in [-0.25, -0.2) is 14.4 Å². The van der Waals surface area contributed by atoms with Crippen LogP contribution in [0.25, 0.3) is 0 Å². The summed E-state index contributed by atoms with van der Waals surface area (Å²) < 4.78 is 13.1. The normalized spacial score (nSPS) is 10.2. The van der Waals surface area contributed by atoms with Gasteiger partial charge in [-0.15, -0.1) is 0 Å². The molecule has 0 unspecified atom stereocenters. The molecule has 5 heteroatoms. The van der Waals surface area contributed by atoms with Gasteiger partial charge in [0.15, 0.2) is 5.78 Å². The zero-order chi connectivity index (χ0) is 12.3. The molecule has 17 heavy (non-hydrogen) atoms. The van der Waals surface area contributed by atoms with E-state index in [4.69, 9.17) is 0 Å². The molecule has 0 saturated carbocycles. The van der Waals surface area contributed by atoms with Crippen molar-refractivity contribution in [2.24, 2.45) is 0 Å². The Labute approximate surface area is 102 Å². The third kappa shape index (κ3) is 2.88. The second-order valence-electron chi connectivity index (χ2n) is 3.35. The highest BCUT2D eigenvalue weighted by atomic mass is 32.2. The average molecular weight is 248 g/mol. The van der Waals surface area contributed by atoms with Gasteiger partial charge in [-0.05, 0) is 31.2 Å². The monoisotopic (exact) mass is 248 g/mol. The maximum atomic E-state index is 13.1. The zero-order valence-corrected chi connectivity index (χ0v) is 9.87. The van der Waals surface area contributed by atoms with E-state index in [0.717, 1.165) is 0 Å². The predicted molar refractivity (Wildman–Crippen MR) is 62.6 cm³/mol. The number of benzene rings is 1. The van der Waals surface area contributed by atoms with Crippen molar-refractivity contribution in [3.8, 4) is 0 Å². The molecule has 1 aromatic carbocycles. The molecule has 3 nitrogen and oxygen atoms in total. The van der Waals surface area contributed by atoms with Gasteiger partial charge in [0.1, 0.15) is 17.2 Å². The number of halogens is 1. The lowest BCUT2D eigenvalue weighted by Crippen LogP contribution is -1.96. The van der Waals surface area contributed by atoms with Gasteiger partial charge in [0.05, 0.1) is 0 Å². The number of ketones is 1. The molecule has 86 valence electrons. The molecule has 2 rings (SSSR count). The molecule has 1 aromatic heterocycles. The van der Waals surface area contributed by atoms with Crippen molar-refractivity contribution >= 4 is 17.5 Å². The van der Waals surface area contributed by atoms with Crippen LogP contribution in [0.4, 0.5) is 4.39 Å². The van der Waals surface area contributed by atoms with E-state index in [1.165, 1.54) is 37.1 Å². The van der Waals surface area contributed by atoms with Gasteiger partial charge < -0.3 is 0 Å². The smallest absolute Gasteiger partial charge is 0.161 e. The Morgan fingerprint density at radius 2 is 2.18 bits per heavy atom. The molecule has 0 aliphatic heterocycles. The Balaban J connectivity index is 2.36. The van der Waals surface area contributed by atoms with E-state index in [9.17, 15) is 9.18 Å². The quantitative estimate of drug-likeness (QED) is 0.618. The summed E-state index contributed by atoms with van der Waals surface area (Å²) in [5, 5.41) is 0.717. The van der Waals surface area contributed by atoms with E-state index < -0.39 is 5.82 Å². The maximum absolute atomic E-state index is 13.1. The van der Waals surface area contributed by atoms with E-state index in [2.05, 4.69) is 9.97 Å². The highest BCUT2D eigenvalue weighted by Gasteiger charge is 2.10. The van der Waals surface area contributed by atoms with Crippen molar-refractivity contribution in [3.05, 3.63) is 48.2 Å². The Bertz CT molecular complexity index is 545. The molecular weight excluding hydrogens is 239 g/mol. The molecule has 0 aliphatic carbocycles. The van der Waals surface area contributed by atoms with Crippen molar-refractivity contribution in [1.29, 1.82) is 0 Å². The third-order valence-electron chi connectivity index (χ3n) is 2.09. The van der Waals surface area contributed by atoms with Gasteiger partial charge in [-0.2, -0.15) is 0 Å². The minimum absolute atomic E-state index is 0.166. The fourth-order valence-corrected chi connectivity index (χ4v) is 2.22. The van der Waals surface area contributed by atoms with Crippen LogP contribution in [0.15, 0.2) is 46.7 Å². The van der Waals surface area contributed by atoms with Gasteiger partial charge in [-0.1, -0.05) is 11.8 Å². The molecule has 0 radical (unpaired) electrons. The molecule has 0 atom stereocenters.